The number of rotatable bonds is 6. The zero-order valence-corrected chi connectivity index (χ0v) is 15.9. The van der Waals surface area contributed by atoms with Crippen LogP contribution < -0.4 is 11.1 Å². The Bertz CT molecular complexity index is 727. The smallest absolute Gasteiger partial charge is 0.257 e. The van der Waals surface area contributed by atoms with Gasteiger partial charge in [-0.3, -0.25) is 9.59 Å². The van der Waals surface area contributed by atoms with Crippen molar-refractivity contribution in [2.75, 3.05) is 25.6 Å². The average Bonchev–Trinajstić information content (AvgIpc) is 2.55. The Labute approximate surface area is 158 Å². The number of nitrogens with two attached hydrogens (primary N) is 1. The van der Waals surface area contributed by atoms with Gasteiger partial charge >= 0.3 is 0 Å². The molecule has 1 heterocycles. The number of aliphatic hydroxyl groups excluding tert-OH is 1. The van der Waals surface area contributed by atoms with Crippen LogP contribution in [0.2, 0.25) is 0 Å². The number of primary amides is 1. The number of carbonyl (C=O) groups is 2. The van der Waals surface area contributed by atoms with E-state index in [0.29, 0.717) is 3.57 Å². The van der Waals surface area contributed by atoms with E-state index in [1.54, 1.807) is 6.07 Å². The predicted octanol–water partition coefficient (Wildman–Crippen LogP) is 0.820. The van der Waals surface area contributed by atoms with E-state index in [1.807, 2.05) is 22.6 Å². The molecule has 9 heteroatoms. The SMILES string of the molecule is CC1=CC(OCCO)(C(N)=O)C(Nc2ccc(I)cc2F)N(C)C1=O. The molecule has 0 bridgehead atoms. The maximum absolute atomic E-state index is 14.2. The van der Waals surface area contributed by atoms with Crippen LogP contribution >= 0.6 is 22.6 Å². The van der Waals surface area contributed by atoms with Crippen LogP contribution in [0.15, 0.2) is 29.8 Å². The van der Waals surface area contributed by atoms with Crippen molar-refractivity contribution < 1.29 is 23.8 Å². The third-order valence-electron chi connectivity index (χ3n) is 3.92. The number of hydrogen-bond donors (Lipinski definition) is 3. The highest BCUT2D eigenvalue weighted by atomic mass is 127. The Balaban J connectivity index is 2.51. The van der Waals surface area contributed by atoms with Crippen molar-refractivity contribution in [1.82, 2.24) is 4.90 Å². The Morgan fingerprint density at radius 2 is 2.24 bits per heavy atom. The molecular formula is C16H19FIN3O4. The quantitative estimate of drug-likeness (QED) is 0.542. The summed E-state index contributed by atoms with van der Waals surface area (Å²) in [5, 5.41) is 11.9. The molecule has 2 atom stereocenters. The highest BCUT2D eigenvalue weighted by molar-refractivity contribution is 14.1. The molecule has 1 aromatic rings. The zero-order chi connectivity index (χ0) is 18.8. The normalized spacial score (nSPS) is 23.4. The fraction of sp³-hybridized carbons (Fsp3) is 0.375. The third kappa shape index (κ3) is 3.77. The predicted molar refractivity (Wildman–Crippen MR) is 98.0 cm³/mol. The summed E-state index contributed by atoms with van der Waals surface area (Å²) in [5.41, 5.74) is 4.17. The Morgan fingerprint density at radius 1 is 1.56 bits per heavy atom. The lowest BCUT2D eigenvalue weighted by Crippen LogP contribution is -2.66. The first-order chi connectivity index (χ1) is 11.7. The molecule has 0 radical (unpaired) electrons. The van der Waals surface area contributed by atoms with E-state index in [9.17, 15) is 14.0 Å². The zero-order valence-electron chi connectivity index (χ0n) is 13.8. The Kier molecular flexibility index (Phi) is 6.01. The first-order valence-corrected chi connectivity index (χ1v) is 8.53. The van der Waals surface area contributed by atoms with Gasteiger partial charge in [-0.1, -0.05) is 0 Å². The van der Waals surface area contributed by atoms with Gasteiger partial charge in [-0.15, -0.1) is 0 Å². The van der Waals surface area contributed by atoms with Crippen LogP contribution in [0.25, 0.3) is 0 Å². The van der Waals surface area contributed by atoms with Crippen LogP contribution in [-0.2, 0) is 14.3 Å². The van der Waals surface area contributed by atoms with Gasteiger partial charge in [0.05, 0.1) is 18.9 Å². The van der Waals surface area contributed by atoms with Crippen molar-refractivity contribution in [2.45, 2.75) is 18.7 Å². The number of likely N-dealkylation sites (N-methyl/N-ethyl adjacent to an activating group) is 1. The minimum absolute atomic E-state index is 0.0937. The molecule has 2 rings (SSSR count). The summed E-state index contributed by atoms with van der Waals surface area (Å²) < 4.78 is 20.5. The summed E-state index contributed by atoms with van der Waals surface area (Å²) in [5.74, 6) is -1.75. The second-order valence-corrected chi connectivity index (χ2v) is 6.89. The van der Waals surface area contributed by atoms with Crippen molar-refractivity contribution in [2.24, 2.45) is 5.73 Å². The topological polar surface area (TPSA) is 105 Å². The summed E-state index contributed by atoms with van der Waals surface area (Å²) >= 11 is 1.97. The number of carbonyl (C=O) groups excluding carboxylic acids is 2. The number of aliphatic hydroxyl groups is 1. The highest BCUT2D eigenvalue weighted by Gasteiger charge is 2.51. The lowest BCUT2D eigenvalue weighted by Gasteiger charge is -2.44. The minimum Gasteiger partial charge on any atom is -0.394 e. The molecule has 25 heavy (non-hydrogen) atoms. The minimum atomic E-state index is -1.75. The van der Waals surface area contributed by atoms with Crippen LogP contribution in [0.5, 0.6) is 0 Å². The van der Waals surface area contributed by atoms with Gasteiger partial charge in [-0.2, -0.15) is 0 Å². The van der Waals surface area contributed by atoms with Gasteiger partial charge in [0.1, 0.15) is 12.0 Å². The molecule has 1 aromatic carbocycles. The van der Waals surface area contributed by atoms with Gasteiger partial charge in [-0.05, 0) is 53.8 Å². The van der Waals surface area contributed by atoms with Gasteiger partial charge in [0.25, 0.3) is 11.8 Å². The molecule has 2 unspecified atom stereocenters. The van der Waals surface area contributed by atoms with Crippen LogP contribution in [0, 0.1) is 9.39 Å². The first kappa shape index (κ1) is 19.6. The van der Waals surface area contributed by atoms with E-state index in [-0.39, 0.29) is 30.4 Å². The second kappa shape index (κ2) is 7.67. The van der Waals surface area contributed by atoms with E-state index in [1.165, 1.54) is 37.1 Å². The molecule has 0 spiro atoms. The Morgan fingerprint density at radius 3 is 2.80 bits per heavy atom. The Hall–Kier alpha value is -1.72. The van der Waals surface area contributed by atoms with E-state index < -0.39 is 23.5 Å². The lowest BCUT2D eigenvalue weighted by molar-refractivity contribution is -0.152. The summed E-state index contributed by atoms with van der Waals surface area (Å²) in [7, 11) is 1.46. The fourth-order valence-corrected chi connectivity index (χ4v) is 3.17. The standard InChI is InChI=1S/C16H19FIN3O4/c1-9-8-16(14(19)24,25-6-5-22)15(21(2)13(9)23)20-12-4-3-10(18)7-11(12)17/h3-4,7-8,15,20,22H,5-6H2,1-2H3,(H2,19,24). The first-order valence-electron chi connectivity index (χ1n) is 7.46. The van der Waals surface area contributed by atoms with Gasteiger partial charge < -0.3 is 25.8 Å². The molecule has 0 saturated heterocycles. The summed E-state index contributed by atoms with van der Waals surface area (Å²) in [6.45, 7) is 1.01. The molecule has 2 amide bonds. The third-order valence-corrected chi connectivity index (χ3v) is 4.59. The van der Waals surface area contributed by atoms with Crippen molar-refractivity contribution in [3.05, 3.63) is 39.2 Å². The maximum Gasteiger partial charge on any atom is 0.257 e. The fourth-order valence-electron chi connectivity index (χ4n) is 2.72. The van der Waals surface area contributed by atoms with Gasteiger partial charge in [-0.25, -0.2) is 4.39 Å². The molecule has 0 aromatic heterocycles. The summed E-state index contributed by atoms with van der Waals surface area (Å²) in [6, 6.07) is 4.49. The number of amides is 2. The number of halogens is 2. The molecule has 0 aliphatic carbocycles. The van der Waals surface area contributed by atoms with E-state index in [0.717, 1.165) is 0 Å². The average molecular weight is 463 g/mol. The molecule has 7 nitrogen and oxygen atoms in total. The van der Waals surface area contributed by atoms with Gasteiger partial charge in [0.15, 0.2) is 0 Å². The molecule has 0 fully saturated rings. The van der Waals surface area contributed by atoms with Crippen molar-refractivity contribution >= 4 is 40.1 Å². The number of benzene rings is 1. The van der Waals surface area contributed by atoms with Gasteiger partial charge in [0, 0.05) is 16.2 Å². The number of ether oxygens (including phenoxy) is 1. The second-order valence-electron chi connectivity index (χ2n) is 5.64. The van der Waals surface area contributed by atoms with Gasteiger partial charge in [0.2, 0.25) is 5.60 Å². The van der Waals surface area contributed by atoms with Crippen LogP contribution in [0.3, 0.4) is 0 Å². The number of anilines is 1. The molecule has 0 saturated carbocycles. The maximum atomic E-state index is 14.2. The highest BCUT2D eigenvalue weighted by Crippen LogP contribution is 2.31. The number of nitrogens with one attached hydrogen (secondary N) is 1. The summed E-state index contributed by atoms with van der Waals surface area (Å²) in [4.78, 5) is 25.8. The van der Waals surface area contributed by atoms with Crippen LogP contribution in [0.4, 0.5) is 10.1 Å². The van der Waals surface area contributed by atoms with Crippen molar-refractivity contribution in [1.29, 1.82) is 0 Å². The van der Waals surface area contributed by atoms with Crippen molar-refractivity contribution in [3.63, 3.8) is 0 Å². The van der Waals surface area contributed by atoms with Crippen LogP contribution in [-0.4, -0.2) is 53.8 Å². The van der Waals surface area contributed by atoms with E-state index in [2.05, 4.69) is 5.32 Å². The molecule has 136 valence electrons. The molecule has 1 aliphatic heterocycles. The monoisotopic (exact) mass is 463 g/mol. The van der Waals surface area contributed by atoms with Crippen molar-refractivity contribution in [3.8, 4) is 0 Å². The molecule has 4 N–H and O–H groups in total. The number of nitrogens with zero attached hydrogens (tertiary/aromatic N) is 1. The van der Waals surface area contributed by atoms with E-state index in [4.69, 9.17) is 15.6 Å². The summed E-state index contributed by atoms with van der Waals surface area (Å²) in [6.07, 6.45) is 0.234. The largest absolute Gasteiger partial charge is 0.394 e. The lowest BCUT2D eigenvalue weighted by atomic mass is 9.90. The van der Waals surface area contributed by atoms with E-state index >= 15 is 0 Å². The van der Waals surface area contributed by atoms with Crippen LogP contribution in [0.1, 0.15) is 6.92 Å². The molecular weight excluding hydrogens is 444 g/mol. The molecule has 1 aliphatic rings. The number of hydrogen-bond acceptors (Lipinski definition) is 5.